The van der Waals surface area contributed by atoms with Crippen molar-refractivity contribution in [3.8, 4) is 0 Å². The van der Waals surface area contributed by atoms with Gasteiger partial charge in [-0.15, -0.1) is 0 Å². The Morgan fingerprint density at radius 2 is 1.74 bits per heavy atom. The first-order chi connectivity index (χ1) is 8.97. The van der Waals surface area contributed by atoms with Crippen LogP contribution in [0.15, 0.2) is 40.9 Å². The van der Waals surface area contributed by atoms with E-state index in [0.717, 1.165) is 16.5 Å². The lowest BCUT2D eigenvalue weighted by molar-refractivity contribution is 0.608. The summed E-state index contributed by atoms with van der Waals surface area (Å²) in [6.45, 7) is 3.62. The molecule has 0 aromatic heterocycles. The van der Waals surface area contributed by atoms with Crippen LogP contribution in [0.3, 0.4) is 0 Å². The minimum atomic E-state index is -0.106. The Labute approximate surface area is 130 Å². The number of rotatable bonds is 3. The molecule has 0 saturated heterocycles. The Hall–Kier alpha value is -0.670. The van der Waals surface area contributed by atoms with E-state index in [1.165, 1.54) is 5.56 Å². The molecule has 0 amide bonds. The van der Waals surface area contributed by atoms with E-state index in [1.807, 2.05) is 38.1 Å². The highest BCUT2D eigenvalue weighted by atomic mass is 79.9. The minimum absolute atomic E-state index is 0.106. The summed E-state index contributed by atoms with van der Waals surface area (Å²) < 4.78 is 14.7. The second-order valence-corrected chi connectivity index (χ2v) is 6.79. The van der Waals surface area contributed by atoms with Crippen LogP contribution in [0, 0.1) is 19.7 Å². The second kappa shape index (κ2) is 6.19. The average Bonchev–Trinajstić information content (AvgIpc) is 2.35. The van der Waals surface area contributed by atoms with Crippen LogP contribution in [0.4, 0.5) is 4.39 Å². The molecule has 0 aliphatic heterocycles. The first-order valence-electron chi connectivity index (χ1n) is 6.12. The highest BCUT2D eigenvalue weighted by Gasteiger charge is 2.12. The molecule has 2 rings (SSSR count). The average molecular weight is 386 g/mol. The molecule has 0 N–H and O–H groups in total. The Bertz CT molecular complexity index is 570. The molecule has 19 heavy (non-hydrogen) atoms. The molecule has 0 radical (unpaired) electrons. The zero-order valence-corrected chi connectivity index (χ0v) is 14.1. The molecule has 0 spiro atoms. The molecule has 2 aromatic rings. The van der Waals surface area contributed by atoms with Crippen molar-refractivity contribution in [3.63, 3.8) is 0 Å². The Balaban J connectivity index is 2.23. The molecule has 0 saturated carbocycles. The normalized spacial score (nSPS) is 12.5. The van der Waals surface area contributed by atoms with Crippen LogP contribution in [0.1, 0.15) is 27.1 Å². The van der Waals surface area contributed by atoms with E-state index in [1.54, 1.807) is 0 Å². The van der Waals surface area contributed by atoms with Crippen molar-refractivity contribution in [1.29, 1.82) is 0 Å². The maximum atomic E-state index is 13.6. The van der Waals surface area contributed by atoms with Crippen molar-refractivity contribution in [2.75, 3.05) is 0 Å². The van der Waals surface area contributed by atoms with Gasteiger partial charge in [0.2, 0.25) is 0 Å². The predicted octanol–water partition coefficient (Wildman–Crippen LogP) is 5.88. The van der Waals surface area contributed by atoms with Gasteiger partial charge in [-0.1, -0.05) is 56.1 Å². The maximum Gasteiger partial charge on any atom is 0.129 e. The summed E-state index contributed by atoms with van der Waals surface area (Å²) >= 11 is 7.18. The van der Waals surface area contributed by atoms with Crippen molar-refractivity contribution >= 4 is 31.9 Å². The second-order valence-electron chi connectivity index (χ2n) is 4.77. The van der Waals surface area contributed by atoms with Crippen molar-refractivity contribution in [1.82, 2.24) is 0 Å². The van der Waals surface area contributed by atoms with Gasteiger partial charge in [-0.3, -0.25) is 0 Å². The van der Waals surface area contributed by atoms with Gasteiger partial charge < -0.3 is 0 Å². The lowest BCUT2D eigenvalue weighted by atomic mass is 10.00. The Morgan fingerprint density at radius 1 is 1.11 bits per heavy atom. The SMILES string of the molecule is Cc1cc(C(Br)Cc2cccc(Br)c2)cc(C)c1F. The fourth-order valence-corrected chi connectivity index (χ4v) is 3.23. The zero-order valence-electron chi connectivity index (χ0n) is 10.9. The third kappa shape index (κ3) is 3.67. The molecule has 0 heterocycles. The molecular weight excluding hydrogens is 371 g/mol. The number of halogens is 3. The molecule has 100 valence electrons. The quantitative estimate of drug-likeness (QED) is 0.578. The summed E-state index contributed by atoms with van der Waals surface area (Å²) in [5, 5.41) is 0. The lowest BCUT2D eigenvalue weighted by Gasteiger charge is -2.13. The molecule has 3 heteroatoms. The van der Waals surface area contributed by atoms with E-state index >= 15 is 0 Å². The van der Waals surface area contributed by atoms with Crippen molar-refractivity contribution < 1.29 is 4.39 Å². The number of benzene rings is 2. The molecule has 1 atom stereocenters. The van der Waals surface area contributed by atoms with Gasteiger partial charge in [0.05, 0.1) is 0 Å². The van der Waals surface area contributed by atoms with Crippen molar-refractivity contribution in [3.05, 3.63) is 68.9 Å². The molecule has 0 nitrogen and oxygen atoms in total. The van der Waals surface area contributed by atoms with E-state index in [-0.39, 0.29) is 10.6 Å². The summed E-state index contributed by atoms with van der Waals surface area (Å²) in [6.07, 6.45) is 0.879. The number of aryl methyl sites for hydroxylation is 2. The Kier molecular flexibility index (Phi) is 4.80. The van der Waals surface area contributed by atoms with Crippen LogP contribution in [0.2, 0.25) is 0 Å². The third-order valence-corrected chi connectivity index (χ3v) is 4.47. The number of hydrogen-bond acceptors (Lipinski definition) is 0. The fraction of sp³-hybridized carbons (Fsp3) is 0.250. The van der Waals surface area contributed by atoms with E-state index < -0.39 is 0 Å². The highest BCUT2D eigenvalue weighted by Crippen LogP contribution is 2.30. The molecule has 1 unspecified atom stereocenters. The van der Waals surface area contributed by atoms with Gasteiger partial charge in [0.1, 0.15) is 5.82 Å². The van der Waals surface area contributed by atoms with E-state index in [2.05, 4.69) is 44.0 Å². The summed E-state index contributed by atoms with van der Waals surface area (Å²) in [4.78, 5) is 0.194. The monoisotopic (exact) mass is 384 g/mol. The van der Waals surface area contributed by atoms with Crippen LogP contribution in [-0.2, 0) is 6.42 Å². The zero-order chi connectivity index (χ0) is 14.0. The molecule has 0 aliphatic carbocycles. The number of alkyl halides is 1. The van der Waals surface area contributed by atoms with E-state index in [0.29, 0.717) is 11.1 Å². The van der Waals surface area contributed by atoms with Crippen LogP contribution in [0.5, 0.6) is 0 Å². The summed E-state index contributed by atoms with van der Waals surface area (Å²) in [5.41, 5.74) is 3.77. The van der Waals surface area contributed by atoms with Gasteiger partial charge >= 0.3 is 0 Å². The largest absolute Gasteiger partial charge is 0.206 e. The van der Waals surface area contributed by atoms with Crippen molar-refractivity contribution in [2.45, 2.75) is 25.1 Å². The molecule has 0 fully saturated rings. The third-order valence-electron chi connectivity index (χ3n) is 3.12. The smallest absolute Gasteiger partial charge is 0.129 e. The van der Waals surface area contributed by atoms with Crippen LogP contribution in [0.25, 0.3) is 0 Å². The first-order valence-corrected chi connectivity index (χ1v) is 7.83. The van der Waals surface area contributed by atoms with Crippen molar-refractivity contribution in [2.24, 2.45) is 0 Å². The molecule has 2 aromatic carbocycles. The van der Waals surface area contributed by atoms with Crippen LogP contribution >= 0.6 is 31.9 Å². The fourth-order valence-electron chi connectivity index (χ4n) is 2.15. The Morgan fingerprint density at radius 3 is 2.32 bits per heavy atom. The summed E-state index contributed by atoms with van der Waals surface area (Å²) in [7, 11) is 0. The van der Waals surface area contributed by atoms with Crippen LogP contribution < -0.4 is 0 Å². The van der Waals surface area contributed by atoms with Gasteiger partial charge in [0, 0.05) is 9.30 Å². The molecule has 0 aliphatic rings. The summed E-state index contributed by atoms with van der Waals surface area (Å²) in [5.74, 6) is -0.106. The molecular formula is C16H15Br2F. The van der Waals surface area contributed by atoms with Gasteiger partial charge in [-0.25, -0.2) is 4.39 Å². The van der Waals surface area contributed by atoms with E-state index in [4.69, 9.17) is 0 Å². The van der Waals surface area contributed by atoms with E-state index in [9.17, 15) is 4.39 Å². The molecule has 0 bridgehead atoms. The van der Waals surface area contributed by atoms with Crippen LogP contribution in [-0.4, -0.2) is 0 Å². The minimum Gasteiger partial charge on any atom is -0.206 e. The first kappa shape index (κ1) is 14.7. The predicted molar refractivity (Wildman–Crippen MR) is 85.4 cm³/mol. The van der Waals surface area contributed by atoms with Gasteiger partial charge in [0.25, 0.3) is 0 Å². The topological polar surface area (TPSA) is 0 Å². The van der Waals surface area contributed by atoms with Gasteiger partial charge in [-0.2, -0.15) is 0 Å². The standard InChI is InChI=1S/C16H15Br2F/c1-10-6-13(7-11(2)16(10)19)15(18)9-12-4-3-5-14(17)8-12/h3-8,15H,9H2,1-2H3. The maximum absolute atomic E-state index is 13.6. The summed E-state index contributed by atoms with van der Waals surface area (Å²) in [6, 6.07) is 12.1. The number of hydrogen-bond donors (Lipinski definition) is 0. The lowest BCUT2D eigenvalue weighted by Crippen LogP contribution is -1.99. The highest BCUT2D eigenvalue weighted by molar-refractivity contribution is 9.10. The van der Waals surface area contributed by atoms with Gasteiger partial charge in [-0.05, 0) is 54.7 Å². The van der Waals surface area contributed by atoms with Gasteiger partial charge in [0.15, 0.2) is 0 Å².